The molecular formula is C27H32N2O6S. The summed E-state index contributed by atoms with van der Waals surface area (Å²) in [4.78, 5) is 24.5. The molecule has 0 saturated carbocycles. The van der Waals surface area contributed by atoms with E-state index in [9.17, 15) is 23.8 Å². The highest BCUT2D eigenvalue weighted by Gasteiger charge is 2.34. The van der Waals surface area contributed by atoms with Crippen molar-refractivity contribution in [3.63, 3.8) is 0 Å². The first kappa shape index (κ1) is 26.0. The van der Waals surface area contributed by atoms with Gasteiger partial charge in [0.15, 0.2) is 0 Å². The Kier molecular flexibility index (Phi) is 7.56. The molecule has 36 heavy (non-hydrogen) atoms. The van der Waals surface area contributed by atoms with Gasteiger partial charge in [0.05, 0.1) is 13.0 Å². The molecule has 4 rings (SSSR count). The molecule has 9 heteroatoms. The van der Waals surface area contributed by atoms with Crippen LogP contribution in [0.4, 0.5) is 0 Å². The molecule has 2 heterocycles. The number of pyridine rings is 1. The molecule has 3 N–H and O–H groups in total. The third-order valence-corrected chi connectivity index (χ3v) is 8.48. The fraction of sp³-hybridized carbons (Fsp3) is 0.333. The molecule has 0 spiro atoms. The van der Waals surface area contributed by atoms with Crippen LogP contribution in [0.5, 0.6) is 5.75 Å². The van der Waals surface area contributed by atoms with Crippen LogP contribution in [0.3, 0.4) is 0 Å². The zero-order valence-electron chi connectivity index (χ0n) is 20.6. The summed E-state index contributed by atoms with van der Waals surface area (Å²) in [5, 5.41) is 9.62. The summed E-state index contributed by atoms with van der Waals surface area (Å²) in [6.45, 7) is 6.76. The third kappa shape index (κ3) is 5.34. The van der Waals surface area contributed by atoms with Crippen molar-refractivity contribution in [1.29, 1.82) is 0 Å². The second-order valence-corrected chi connectivity index (χ2v) is 11.1. The minimum atomic E-state index is -3.31. The van der Waals surface area contributed by atoms with Crippen molar-refractivity contribution in [2.24, 2.45) is 0 Å². The average Bonchev–Trinajstić information content (AvgIpc) is 2.92. The molecule has 2 unspecified atom stereocenters. The van der Waals surface area contributed by atoms with E-state index in [0.717, 1.165) is 16.7 Å². The monoisotopic (exact) mass is 512 g/mol. The molecule has 1 aromatic heterocycles. The predicted octanol–water partition coefficient (Wildman–Crippen LogP) is 5.09. The number of benzene rings is 2. The molecule has 0 saturated heterocycles. The topological polar surface area (TPSA) is 112 Å². The van der Waals surface area contributed by atoms with E-state index in [4.69, 9.17) is 4.74 Å². The summed E-state index contributed by atoms with van der Waals surface area (Å²) in [6, 6.07) is 15.9. The largest absolute Gasteiger partial charge is 0.487 e. The van der Waals surface area contributed by atoms with Crippen LogP contribution < -0.4 is 10.3 Å². The smallest absolute Gasteiger partial charge is 0.304 e. The zero-order valence-corrected chi connectivity index (χ0v) is 21.4. The fourth-order valence-corrected chi connectivity index (χ4v) is 6.25. The highest BCUT2D eigenvalue weighted by molar-refractivity contribution is 8.22. The maximum atomic E-state index is 12.5. The molecule has 1 aliphatic heterocycles. The highest BCUT2D eigenvalue weighted by atomic mass is 32.3. The van der Waals surface area contributed by atoms with Gasteiger partial charge in [-0.2, -0.15) is 4.31 Å². The first-order valence-electron chi connectivity index (χ1n) is 11.9. The van der Waals surface area contributed by atoms with Crippen LogP contribution in [0, 0.1) is 6.92 Å². The van der Waals surface area contributed by atoms with E-state index >= 15 is 0 Å². The van der Waals surface area contributed by atoms with E-state index in [1.165, 1.54) is 6.07 Å². The van der Waals surface area contributed by atoms with Crippen LogP contribution >= 0.6 is 10.8 Å². The number of rotatable bonds is 7. The summed E-state index contributed by atoms with van der Waals surface area (Å²) in [6.07, 6.45) is 1.25. The van der Waals surface area contributed by atoms with Gasteiger partial charge in [-0.1, -0.05) is 30.3 Å². The van der Waals surface area contributed by atoms with Gasteiger partial charge in [-0.15, -0.1) is 10.8 Å². The number of aryl methyl sites for hydroxylation is 2. The van der Waals surface area contributed by atoms with Crippen molar-refractivity contribution in [1.82, 2.24) is 8.87 Å². The average molecular weight is 513 g/mol. The maximum Gasteiger partial charge on any atom is 0.304 e. The number of para-hydroxylation sites is 1. The lowest BCUT2D eigenvalue weighted by Gasteiger charge is -2.42. The summed E-state index contributed by atoms with van der Waals surface area (Å²) >= 11 is 0. The van der Waals surface area contributed by atoms with Crippen molar-refractivity contribution < 1.29 is 23.7 Å². The van der Waals surface area contributed by atoms with Gasteiger partial charge in [-0.25, -0.2) is 0 Å². The molecule has 1 aliphatic rings. The standard InChI is InChI=1S/C27H32N2O6S/c1-4-28-12-11-21(14-26(28)30)23(15-27(31)32)20-10-9-18(2)22(13-20)17-29-16-19(3)35-24-7-5-6-8-25(24)36(29,33)34/h5-14,19,23,33-34H,4,15-17H2,1-3H3,(H,31,32). The quantitative estimate of drug-likeness (QED) is 0.404. The van der Waals surface area contributed by atoms with E-state index in [0.29, 0.717) is 29.3 Å². The number of nitrogens with zero attached hydrogens (tertiary/aromatic N) is 2. The third-order valence-electron chi connectivity index (χ3n) is 6.56. The molecule has 0 fully saturated rings. The summed E-state index contributed by atoms with van der Waals surface area (Å²) in [5.74, 6) is -1.03. The number of ether oxygens (including phenoxy) is 1. The molecule has 2 atom stereocenters. The summed E-state index contributed by atoms with van der Waals surface area (Å²) < 4.78 is 31.7. The lowest BCUT2D eigenvalue weighted by atomic mass is 9.87. The minimum absolute atomic E-state index is 0.171. The lowest BCUT2D eigenvalue weighted by molar-refractivity contribution is -0.137. The van der Waals surface area contributed by atoms with E-state index < -0.39 is 22.7 Å². The minimum Gasteiger partial charge on any atom is -0.487 e. The Bertz CT molecular complexity index is 1320. The van der Waals surface area contributed by atoms with Gasteiger partial charge in [-0.05, 0) is 61.2 Å². The van der Waals surface area contributed by atoms with Crippen LogP contribution in [0.1, 0.15) is 48.4 Å². The van der Waals surface area contributed by atoms with Crippen LogP contribution in [0.2, 0.25) is 0 Å². The first-order valence-corrected chi connectivity index (χ1v) is 13.4. The van der Waals surface area contributed by atoms with Crippen LogP contribution in [0.15, 0.2) is 70.5 Å². The molecule has 8 nitrogen and oxygen atoms in total. The Morgan fingerprint density at radius 2 is 1.86 bits per heavy atom. The Balaban J connectivity index is 1.72. The number of carboxylic acids is 1. The maximum absolute atomic E-state index is 12.5. The molecule has 0 aliphatic carbocycles. The number of hydrogen-bond acceptors (Lipinski definition) is 6. The van der Waals surface area contributed by atoms with Crippen LogP contribution in [-0.4, -0.2) is 41.7 Å². The van der Waals surface area contributed by atoms with Gasteiger partial charge >= 0.3 is 5.97 Å². The van der Waals surface area contributed by atoms with E-state index in [-0.39, 0.29) is 24.6 Å². The number of carboxylic acid groups (broad SMARTS) is 1. The van der Waals surface area contributed by atoms with Gasteiger partial charge < -0.3 is 14.4 Å². The number of hydrogen-bond donors (Lipinski definition) is 3. The van der Waals surface area contributed by atoms with Gasteiger partial charge in [-0.3, -0.25) is 18.7 Å². The Morgan fingerprint density at radius 3 is 2.56 bits per heavy atom. The molecule has 3 aromatic rings. The number of aliphatic carboxylic acids is 1. The summed E-state index contributed by atoms with van der Waals surface area (Å²) in [5.41, 5.74) is 3.00. The predicted molar refractivity (Wildman–Crippen MR) is 140 cm³/mol. The van der Waals surface area contributed by atoms with Gasteiger partial charge in [0, 0.05) is 31.3 Å². The molecule has 0 amide bonds. The van der Waals surface area contributed by atoms with Gasteiger partial charge in [0.1, 0.15) is 16.7 Å². The fourth-order valence-electron chi connectivity index (χ4n) is 4.58. The normalized spacial score (nSPS) is 19.0. The Hall–Kier alpha value is -3.11. The molecule has 0 bridgehead atoms. The van der Waals surface area contributed by atoms with Crippen molar-refractivity contribution in [2.75, 3.05) is 6.54 Å². The van der Waals surface area contributed by atoms with E-state index in [2.05, 4.69) is 0 Å². The van der Waals surface area contributed by atoms with Crippen molar-refractivity contribution in [3.05, 3.63) is 93.4 Å². The molecule has 0 radical (unpaired) electrons. The van der Waals surface area contributed by atoms with Crippen molar-refractivity contribution in [3.8, 4) is 5.75 Å². The summed E-state index contributed by atoms with van der Waals surface area (Å²) in [7, 11) is -3.31. The van der Waals surface area contributed by atoms with E-state index in [1.54, 1.807) is 45.4 Å². The Labute approximate surface area is 212 Å². The van der Waals surface area contributed by atoms with Gasteiger partial charge in [0.2, 0.25) is 0 Å². The molecule has 192 valence electrons. The van der Waals surface area contributed by atoms with Crippen molar-refractivity contribution in [2.45, 2.75) is 57.2 Å². The van der Waals surface area contributed by atoms with Crippen LogP contribution in [-0.2, 0) is 17.9 Å². The SMILES string of the molecule is CCn1ccc(C(CC(=O)O)c2ccc(C)c(CN3CC(C)Oc4ccccc4S3(O)O)c2)cc1=O. The highest BCUT2D eigenvalue weighted by Crippen LogP contribution is 2.57. The zero-order chi connectivity index (χ0) is 26.0. The number of fused-ring (bicyclic) bond motifs is 1. The second kappa shape index (κ2) is 10.5. The number of carbonyl (C=O) groups is 1. The molecule has 2 aromatic carbocycles. The van der Waals surface area contributed by atoms with Crippen molar-refractivity contribution >= 4 is 16.7 Å². The first-order chi connectivity index (χ1) is 17.1. The second-order valence-electron chi connectivity index (χ2n) is 9.14. The van der Waals surface area contributed by atoms with Gasteiger partial charge in [0.25, 0.3) is 5.56 Å². The lowest BCUT2D eigenvalue weighted by Crippen LogP contribution is -2.33. The van der Waals surface area contributed by atoms with E-state index in [1.807, 2.05) is 39.0 Å². The number of aromatic nitrogens is 1. The van der Waals surface area contributed by atoms with Crippen LogP contribution in [0.25, 0.3) is 0 Å². The Morgan fingerprint density at radius 1 is 1.14 bits per heavy atom. The molecular weight excluding hydrogens is 480 g/mol.